The lowest BCUT2D eigenvalue weighted by Crippen LogP contribution is -3.09. The van der Waals surface area contributed by atoms with E-state index >= 15 is 0 Å². The monoisotopic (exact) mass is 382 g/mol. The summed E-state index contributed by atoms with van der Waals surface area (Å²) in [6.07, 6.45) is 2.92. The highest BCUT2D eigenvalue weighted by Crippen LogP contribution is 2.29. The predicted molar refractivity (Wildman–Crippen MR) is 101 cm³/mol. The minimum absolute atomic E-state index is 0.384. The molecule has 6 nitrogen and oxygen atoms in total. The number of ether oxygens (including phenoxy) is 1. The van der Waals surface area contributed by atoms with E-state index in [1.54, 1.807) is 4.90 Å². The molecule has 0 bridgehead atoms. The van der Waals surface area contributed by atoms with Crippen molar-refractivity contribution in [3.63, 3.8) is 0 Å². The van der Waals surface area contributed by atoms with Gasteiger partial charge in [0.2, 0.25) is 0 Å². The van der Waals surface area contributed by atoms with Crippen LogP contribution in [0, 0.1) is 6.92 Å². The summed E-state index contributed by atoms with van der Waals surface area (Å²) in [6, 6.07) is 14.9. The molecule has 28 heavy (non-hydrogen) atoms. The predicted octanol–water partition coefficient (Wildman–Crippen LogP) is -0.557. The number of carbonyl (C=O) groups is 2. The van der Waals surface area contributed by atoms with E-state index in [9.17, 15) is 19.8 Å². The highest BCUT2D eigenvalue weighted by atomic mass is 16.5. The zero-order valence-electron chi connectivity index (χ0n) is 16.1. The molecule has 2 aromatic carbocycles. The van der Waals surface area contributed by atoms with Gasteiger partial charge in [-0.3, -0.25) is 0 Å². The molecule has 0 aromatic heterocycles. The van der Waals surface area contributed by atoms with E-state index in [0.29, 0.717) is 12.2 Å². The van der Waals surface area contributed by atoms with Gasteiger partial charge in [-0.05, 0) is 31.2 Å². The molecule has 0 fully saturated rings. The zero-order chi connectivity index (χ0) is 20.5. The molecule has 1 N–H and O–H groups in total. The molecule has 3 rings (SSSR count). The van der Waals surface area contributed by atoms with Crippen LogP contribution in [0.1, 0.15) is 16.7 Å². The molecule has 2 aromatic rings. The van der Waals surface area contributed by atoms with E-state index in [1.165, 1.54) is 16.7 Å². The smallest absolute Gasteiger partial charge is 0.130 e. The van der Waals surface area contributed by atoms with E-state index in [-0.39, 0.29) is 0 Å². The van der Waals surface area contributed by atoms with Crippen LogP contribution in [0.5, 0.6) is 11.5 Å². The van der Waals surface area contributed by atoms with Gasteiger partial charge in [0, 0.05) is 24.0 Å². The van der Waals surface area contributed by atoms with Crippen LogP contribution >= 0.6 is 0 Å². The van der Waals surface area contributed by atoms with E-state index in [0.717, 1.165) is 37.4 Å². The number of carboxylic acid groups (broad SMARTS) is 2. The van der Waals surface area contributed by atoms with Crippen LogP contribution < -0.4 is 19.8 Å². The number of aryl methyl sites for hydroxylation is 1. The van der Waals surface area contributed by atoms with Gasteiger partial charge in [-0.25, -0.2) is 0 Å². The molecule has 0 radical (unpaired) electrons. The zero-order valence-corrected chi connectivity index (χ0v) is 16.1. The van der Waals surface area contributed by atoms with Crippen LogP contribution in [0.2, 0.25) is 0 Å². The van der Waals surface area contributed by atoms with Gasteiger partial charge in [0.05, 0.1) is 32.1 Å². The van der Waals surface area contributed by atoms with Gasteiger partial charge in [0.1, 0.15) is 11.5 Å². The van der Waals surface area contributed by atoms with Gasteiger partial charge >= 0.3 is 0 Å². The molecule has 0 aliphatic carbocycles. The van der Waals surface area contributed by atoms with Gasteiger partial charge in [-0.1, -0.05) is 35.9 Å². The number of aliphatic carboxylic acids is 2. The van der Waals surface area contributed by atoms with Crippen molar-refractivity contribution in [3.8, 4) is 11.5 Å². The minimum Gasteiger partial charge on any atom is -0.545 e. The Morgan fingerprint density at radius 2 is 1.50 bits per heavy atom. The summed E-state index contributed by atoms with van der Waals surface area (Å²) in [7, 11) is 2.28. The topological polar surface area (TPSA) is 93.9 Å². The fourth-order valence-corrected chi connectivity index (χ4v) is 2.89. The Kier molecular flexibility index (Phi) is 7.77. The molecule has 1 heterocycles. The Bertz CT molecular complexity index is 844. The summed E-state index contributed by atoms with van der Waals surface area (Å²) >= 11 is 0. The highest BCUT2D eigenvalue weighted by molar-refractivity contribution is 5.87. The van der Waals surface area contributed by atoms with Gasteiger partial charge < -0.3 is 29.4 Å². The Balaban J connectivity index is 0.000000300. The summed E-state index contributed by atoms with van der Waals surface area (Å²) in [5.41, 5.74) is 3.93. The van der Waals surface area contributed by atoms with Gasteiger partial charge in [0.25, 0.3) is 0 Å². The van der Waals surface area contributed by atoms with Crippen LogP contribution in [0.4, 0.5) is 0 Å². The van der Waals surface area contributed by atoms with Crippen LogP contribution in [-0.4, -0.2) is 32.1 Å². The number of fused-ring (bicyclic) bond motifs is 2. The second-order valence-electron chi connectivity index (χ2n) is 6.75. The fraction of sp³-hybridized carbons (Fsp3) is 0.273. The lowest BCUT2D eigenvalue weighted by molar-refractivity contribution is -0.879. The van der Waals surface area contributed by atoms with E-state index in [2.05, 4.69) is 56.4 Å². The summed E-state index contributed by atoms with van der Waals surface area (Å²) in [5, 5.41) is 18.8. The van der Waals surface area contributed by atoms with Crippen molar-refractivity contribution >= 4 is 11.9 Å². The maximum Gasteiger partial charge on any atom is 0.130 e. The number of hydrogen-bond acceptors (Lipinski definition) is 5. The average molecular weight is 382 g/mol. The summed E-state index contributed by atoms with van der Waals surface area (Å²) in [5.74, 6) is -1.08. The molecule has 1 aliphatic heterocycles. The third-order valence-electron chi connectivity index (χ3n) is 4.41. The van der Waals surface area contributed by atoms with Gasteiger partial charge in [0.15, 0.2) is 0 Å². The molecule has 0 saturated carbocycles. The number of quaternary nitrogens is 1. The molecule has 0 amide bonds. The summed E-state index contributed by atoms with van der Waals surface area (Å²) in [4.78, 5) is 20.4. The molecule has 1 aliphatic rings. The number of carbonyl (C=O) groups excluding carboxylic acids is 2. The fourth-order valence-electron chi connectivity index (χ4n) is 2.89. The third kappa shape index (κ3) is 6.89. The minimum atomic E-state index is -1.55. The van der Waals surface area contributed by atoms with Crippen LogP contribution in [0.25, 0.3) is 0 Å². The largest absolute Gasteiger partial charge is 0.545 e. The number of benzene rings is 2. The van der Waals surface area contributed by atoms with Gasteiger partial charge in [-0.2, -0.15) is 0 Å². The van der Waals surface area contributed by atoms with Crippen LogP contribution in [0.15, 0.2) is 54.6 Å². The Labute approximate surface area is 164 Å². The Morgan fingerprint density at radius 1 is 0.929 bits per heavy atom. The highest BCUT2D eigenvalue weighted by Gasteiger charge is 2.14. The molecular formula is C22H24NO5-. The van der Waals surface area contributed by atoms with Crippen LogP contribution in [-0.2, 0) is 22.4 Å². The van der Waals surface area contributed by atoms with Gasteiger partial charge in [-0.15, -0.1) is 0 Å². The van der Waals surface area contributed by atoms with E-state index < -0.39 is 11.9 Å². The Hall–Kier alpha value is -3.12. The normalized spacial score (nSPS) is 16.0. The summed E-state index contributed by atoms with van der Waals surface area (Å²) in [6.45, 7) is 4.45. The first-order chi connectivity index (χ1) is 13.3. The summed E-state index contributed by atoms with van der Waals surface area (Å²) < 4.78 is 6.20. The molecule has 1 unspecified atom stereocenters. The molecule has 148 valence electrons. The van der Waals surface area contributed by atoms with Crippen molar-refractivity contribution in [2.45, 2.75) is 19.8 Å². The van der Waals surface area contributed by atoms with Crippen molar-refractivity contribution < 1.29 is 29.4 Å². The average Bonchev–Trinajstić information content (AvgIpc) is 2.66. The second kappa shape index (κ2) is 10.3. The molecular weight excluding hydrogens is 358 g/mol. The quantitative estimate of drug-likeness (QED) is 0.703. The van der Waals surface area contributed by atoms with Crippen molar-refractivity contribution in [3.05, 3.63) is 71.3 Å². The molecule has 6 heteroatoms. The molecule has 1 atom stereocenters. The first-order valence-corrected chi connectivity index (χ1v) is 9.12. The third-order valence-corrected chi connectivity index (χ3v) is 4.41. The molecule has 0 saturated heterocycles. The second-order valence-corrected chi connectivity index (χ2v) is 6.75. The molecule has 0 spiro atoms. The number of nitrogens with one attached hydrogen (secondary N) is 1. The number of hydrogen-bond donors (Lipinski definition) is 1. The first kappa shape index (κ1) is 21.2. The lowest BCUT2D eigenvalue weighted by Gasteiger charge is -2.20. The first-order valence-electron chi connectivity index (χ1n) is 9.12. The number of rotatable bonds is 2. The lowest BCUT2D eigenvalue weighted by atomic mass is 10.1. The van der Waals surface area contributed by atoms with E-state index in [4.69, 9.17) is 4.74 Å². The number of carboxylic acids is 2. The number of para-hydroxylation sites is 1. The maximum absolute atomic E-state index is 9.41. The van der Waals surface area contributed by atoms with Crippen molar-refractivity contribution in [2.75, 3.05) is 20.1 Å². The Morgan fingerprint density at radius 3 is 2.14 bits per heavy atom. The SMILES string of the molecule is Cc1ccc2c(c1)CC[NH+](C)CCc1ccccc1O2.O=C([O-])/C=C\C(=O)[O-]. The van der Waals surface area contributed by atoms with E-state index in [1.807, 2.05) is 0 Å². The maximum atomic E-state index is 9.41. The van der Waals surface area contributed by atoms with Crippen LogP contribution in [0.3, 0.4) is 0 Å². The standard InChI is InChI=1S/C18H21NO.C4H4O4/c1-14-7-8-18-16(13-14)10-12-19(2)11-9-15-5-3-4-6-17(15)20-18;5-3(6)1-2-4(7)8/h3-8,13H,9-12H2,1-2H3;1-2H,(H,5,6)(H,7,8)/p-1/b;2-1-. The van der Waals surface area contributed by atoms with Crippen molar-refractivity contribution in [2.24, 2.45) is 0 Å². The van der Waals surface area contributed by atoms with Crippen molar-refractivity contribution in [1.29, 1.82) is 0 Å². The number of likely N-dealkylation sites (N-methyl/N-ethyl adjacent to an activating group) is 1. The van der Waals surface area contributed by atoms with Crippen molar-refractivity contribution in [1.82, 2.24) is 0 Å².